The summed E-state index contributed by atoms with van der Waals surface area (Å²) in [5, 5.41) is 11.3. The molecule has 2 atom stereocenters. The Morgan fingerprint density at radius 2 is 2.37 bits per heavy atom. The van der Waals surface area contributed by atoms with Gasteiger partial charge < -0.3 is 14.6 Å². The number of thiophene rings is 1. The van der Waals surface area contributed by atoms with Crippen molar-refractivity contribution in [2.24, 2.45) is 0 Å². The summed E-state index contributed by atoms with van der Waals surface area (Å²) in [4.78, 5) is 14.7. The van der Waals surface area contributed by atoms with E-state index in [2.05, 4.69) is 0 Å². The summed E-state index contributed by atoms with van der Waals surface area (Å²) in [6.45, 7) is 5.63. The molecular weight excluding hydrogens is 266 g/mol. The van der Waals surface area contributed by atoms with Crippen molar-refractivity contribution < 1.29 is 19.4 Å². The monoisotopic (exact) mass is 285 g/mol. The first-order valence-corrected chi connectivity index (χ1v) is 7.07. The molecule has 0 saturated carbocycles. The van der Waals surface area contributed by atoms with E-state index in [1.807, 2.05) is 38.3 Å². The van der Waals surface area contributed by atoms with Crippen LogP contribution in [0.4, 0.5) is 4.79 Å². The summed E-state index contributed by atoms with van der Waals surface area (Å²) in [6, 6.07) is 3.46. The van der Waals surface area contributed by atoms with Crippen molar-refractivity contribution in [2.75, 3.05) is 13.2 Å². The second kappa shape index (κ2) is 5.48. The standard InChI is InChI=1S/C13H19NO4S/c1-13(2,3)18-12(16)14-9(7-15)8-17-11(14)10-5-4-6-19-10/h4-6,9,11,15H,7-8H2,1-3H3/t9-,11+/m0/s1. The van der Waals surface area contributed by atoms with Gasteiger partial charge in [-0.3, -0.25) is 4.90 Å². The van der Waals surface area contributed by atoms with Crippen LogP contribution in [0.15, 0.2) is 17.5 Å². The van der Waals surface area contributed by atoms with Crippen molar-refractivity contribution in [2.45, 2.75) is 38.6 Å². The van der Waals surface area contributed by atoms with E-state index in [9.17, 15) is 9.90 Å². The van der Waals surface area contributed by atoms with Gasteiger partial charge in [0.25, 0.3) is 0 Å². The molecule has 2 heterocycles. The quantitative estimate of drug-likeness (QED) is 0.906. The summed E-state index contributed by atoms with van der Waals surface area (Å²) in [7, 11) is 0. The number of hydrogen-bond donors (Lipinski definition) is 1. The van der Waals surface area contributed by atoms with E-state index < -0.39 is 17.9 Å². The van der Waals surface area contributed by atoms with Gasteiger partial charge in [0.15, 0.2) is 6.23 Å². The van der Waals surface area contributed by atoms with Crippen molar-refractivity contribution in [1.82, 2.24) is 4.90 Å². The highest BCUT2D eigenvalue weighted by molar-refractivity contribution is 7.10. The average Bonchev–Trinajstić information content (AvgIpc) is 2.95. The molecule has 0 aliphatic carbocycles. The number of aliphatic hydroxyl groups excluding tert-OH is 1. The molecule has 106 valence electrons. The molecule has 1 fully saturated rings. The van der Waals surface area contributed by atoms with Crippen LogP contribution in [0.3, 0.4) is 0 Å². The van der Waals surface area contributed by atoms with Gasteiger partial charge >= 0.3 is 6.09 Å². The number of amides is 1. The van der Waals surface area contributed by atoms with Crippen LogP contribution in [0.5, 0.6) is 0 Å². The van der Waals surface area contributed by atoms with Gasteiger partial charge in [-0.15, -0.1) is 11.3 Å². The smallest absolute Gasteiger partial charge is 0.413 e. The van der Waals surface area contributed by atoms with Crippen molar-refractivity contribution in [1.29, 1.82) is 0 Å². The third-order valence-corrected chi connectivity index (χ3v) is 3.60. The van der Waals surface area contributed by atoms with E-state index in [1.165, 1.54) is 16.2 Å². The second-order valence-corrected chi connectivity index (χ2v) is 6.40. The van der Waals surface area contributed by atoms with E-state index in [-0.39, 0.29) is 12.6 Å². The Kier molecular flexibility index (Phi) is 4.13. The zero-order valence-electron chi connectivity index (χ0n) is 11.3. The Balaban J connectivity index is 2.19. The van der Waals surface area contributed by atoms with Crippen LogP contribution < -0.4 is 0 Å². The normalized spacial score (nSPS) is 23.7. The lowest BCUT2D eigenvalue weighted by Crippen LogP contribution is -2.43. The molecule has 0 radical (unpaired) electrons. The molecule has 6 heteroatoms. The third-order valence-electron chi connectivity index (χ3n) is 2.69. The van der Waals surface area contributed by atoms with Crippen molar-refractivity contribution in [3.05, 3.63) is 22.4 Å². The molecule has 0 unspecified atom stereocenters. The lowest BCUT2D eigenvalue weighted by Gasteiger charge is -2.29. The highest BCUT2D eigenvalue weighted by atomic mass is 32.1. The first kappa shape index (κ1) is 14.3. The minimum absolute atomic E-state index is 0.138. The predicted molar refractivity (Wildman–Crippen MR) is 72.0 cm³/mol. The minimum atomic E-state index is -0.570. The fourth-order valence-electron chi connectivity index (χ4n) is 1.91. The Labute approximate surface area is 116 Å². The second-order valence-electron chi connectivity index (χ2n) is 5.43. The zero-order valence-corrected chi connectivity index (χ0v) is 12.1. The lowest BCUT2D eigenvalue weighted by atomic mass is 10.2. The molecule has 2 rings (SSSR count). The van der Waals surface area contributed by atoms with Gasteiger partial charge in [-0.25, -0.2) is 4.79 Å². The summed E-state index contributed by atoms with van der Waals surface area (Å²) < 4.78 is 11.0. The fourth-order valence-corrected chi connectivity index (χ4v) is 2.67. The van der Waals surface area contributed by atoms with E-state index in [4.69, 9.17) is 9.47 Å². The van der Waals surface area contributed by atoms with Crippen molar-refractivity contribution in [3.8, 4) is 0 Å². The zero-order chi connectivity index (χ0) is 14.0. The maximum absolute atomic E-state index is 12.3. The minimum Gasteiger partial charge on any atom is -0.444 e. The first-order valence-electron chi connectivity index (χ1n) is 6.19. The summed E-state index contributed by atoms with van der Waals surface area (Å²) in [5.41, 5.74) is -0.570. The van der Waals surface area contributed by atoms with Gasteiger partial charge in [-0.1, -0.05) is 6.07 Å². The molecular formula is C13H19NO4S. The van der Waals surface area contributed by atoms with E-state index in [0.717, 1.165) is 4.88 Å². The first-order chi connectivity index (χ1) is 8.92. The molecule has 1 aromatic heterocycles. The Hall–Kier alpha value is -1.11. The molecule has 1 amide bonds. The van der Waals surface area contributed by atoms with Crippen molar-refractivity contribution >= 4 is 17.4 Å². The largest absolute Gasteiger partial charge is 0.444 e. The van der Waals surface area contributed by atoms with Gasteiger partial charge in [-0.2, -0.15) is 0 Å². The van der Waals surface area contributed by atoms with Crippen LogP contribution in [0.2, 0.25) is 0 Å². The van der Waals surface area contributed by atoms with Crippen LogP contribution >= 0.6 is 11.3 Å². The van der Waals surface area contributed by atoms with Crippen LogP contribution in [0, 0.1) is 0 Å². The molecule has 5 nitrogen and oxygen atoms in total. The number of carbonyl (C=O) groups excluding carboxylic acids is 1. The number of carbonyl (C=O) groups is 1. The van der Waals surface area contributed by atoms with E-state index >= 15 is 0 Å². The lowest BCUT2D eigenvalue weighted by molar-refractivity contribution is -0.0155. The Morgan fingerprint density at radius 3 is 2.89 bits per heavy atom. The molecule has 0 spiro atoms. The topological polar surface area (TPSA) is 59.0 Å². The number of nitrogens with zero attached hydrogens (tertiary/aromatic N) is 1. The van der Waals surface area contributed by atoms with Gasteiger partial charge in [0.05, 0.1) is 24.1 Å². The number of aliphatic hydroxyl groups is 1. The fraction of sp³-hybridized carbons (Fsp3) is 0.615. The highest BCUT2D eigenvalue weighted by Crippen LogP contribution is 2.34. The Morgan fingerprint density at radius 1 is 1.63 bits per heavy atom. The molecule has 1 aliphatic rings. The maximum atomic E-state index is 12.3. The van der Waals surface area contributed by atoms with Crippen LogP contribution in [-0.4, -0.2) is 41.0 Å². The number of ether oxygens (including phenoxy) is 2. The van der Waals surface area contributed by atoms with Crippen LogP contribution in [-0.2, 0) is 9.47 Å². The third kappa shape index (κ3) is 3.26. The van der Waals surface area contributed by atoms with Crippen LogP contribution in [0.25, 0.3) is 0 Å². The van der Waals surface area contributed by atoms with E-state index in [1.54, 1.807) is 0 Å². The summed E-state index contributed by atoms with van der Waals surface area (Å²) >= 11 is 1.52. The molecule has 0 bridgehead atoms. The SMILES string of the molecule is CC(C)(C)OC(=O)N1[C@@H](CO)CO[C@@H]1c1cccs1. The highest BCUT2D eigenvalue weighted by Gasteiger charge is 2.41. The van der Waals surface area contributed by atoms with Gasteiger partial charge in [0, 0.05) is 0 Å². The molecule has 1 saturated heterocycles. The number of rotatable bonds is 2. The molecule has 1 aliphatic heterocycles. The average molecular weight is 285 g/mol. The van der Waals surface area contributed by atoms with Gasteiger partial charge in [0.1, 0.15) is 5.60 Å². The molecule has 1 aromatic rings. The molecule has 1 N–H and O–H groups in total. The summed E-state index contributed by atoms with van der Waals surface area (Å²) in [5.74, 6) is 0. The van der Waals surface area contributed by atoms with Gasteiger partial charge in [0.2, 0.25) is 0 Å². The van der Waals surface area contributed by atoms with Crippen molar-refractivity contribution in [3.63, 3.8) is 0 Å². The maximum Gasteiger partial charge on any atom is 0.413 e. The van der Waals surface area contributed by atoms with Gasteiger partial charge in [-0.05, 0) is 32.2 Å². The summed E-state index contributed by atoms with van der Waals surface area (Å²) in [6.07, 6.45) is -0.922. The van der Waals surface area contributed by atoms with Crippen LogP contribution in [0.1, 0.15) is 31.9 Å². The molecule has 19 heavy (non-hydrogen) atoms. The predicted octanol–water partition coefficient (Wildman–Crippen LogP) is 2.37. The van der Waals surface area contributed by atoms with E-state index in [0.29, 0.717) is 6.61 Å². The molecule has 0 aromatic carbocycles. The Bertz CT molecular complexity index is 426. The number of hydrogen-bond acceptors (Lipinski definition) is 5.